The zero-order valence-electron chi connectivity index (χ0n) is 13.4. The maximum absolute atomic E-state index is 12.6. The molecule has 1 aromatic carbocycles. The van der Waals surface area contributed by atoms with Crippen LogP contribution in [0, 0.1) is 0 Å². The first-order chi connectivity index (χ1) is 11.2. The Bertz CT molecular complexity index is 720. The summed E-state index contributed by atoms with van der Waals surface area (Å²) in [5.74, 6) is 0.0999. The van der Waals surface area contributed by atoms with Gasteiger partial charge >= 0.3 is 0 Å². The highest BCUT2D eigenvalue weighted by molar-refractivity contribution is 5.97. The van der Waals surface area contributed by atoms with Crippen LogP contribution in [0.3, 0.4) is 0 Å². The molecule has 6 nitrogen and oxygen atoms in total. The molecule has 1 amide bonds. The van der Waals surface area contributed by atoms with E-state index in [-0.39, 0.29) is 5.91 Å². The summed E-state index contributed by atoms with van der Waals surface area (Å²) in [5, 5.41) is 0. The lowest BCUT2D eigenvalue weighted by Crippen LogP contribution is -2.63. The second kappa shape index (κ2) is 5.86. The second-order valence-electron chi connectivity index (χ2n) is 6.46. The van der Waals surface area contributed by atoms with E-state index in [9.17, 15) is 4.79 Å². The van der Waals surface area contributed by atoms with Crippen molar-refractivity contribution in [3.63, 3.8) is 0 Å². The molecule has 0 radical (unpaired) electrons. The highest BCUT2D eigenvalue weighted by Gasteiger charge is 2.36. The number of aromatic nitrogens is 2. The van der Waals surface area contributed by atoms with Crippen molar-refractivity contribution >= 4 is 16.9 Å². The molecular weight excluding hydrogens is 290 g/mol. The molecule has 2 fully saturated rings. The molecule has 2 aliphatic heterocycles. The summed E-state index contributed by atoms with van der Waals surface area (Å²) in [6, 6.07) is 6.08. The van der Waals surface area contributed by atoms with E-state index in [1.807, 2.05) is 23.1 Å². The number of piperazine rings is 1. The predicted octanol–water partition coefficient (Wildman–Crippen LogP) is 0.702. The van der Waals surface area contributed by atoms with Gasteiger partial charge < -0.3 is 9.80 Å². The van der Waals surface area contributed by atoms with E-state index in [2.05, 4.69) is 26.8 Å². The lowest BCUT2D eigenvalue weighted by Gasteiger charge is -2.47. The average Bonchev–Trinajstić information content (AvgIpc) is 2.54. The van der Waals surface area contributed by atoms with Crippen LogP contribution in [-0.2, 0) is 0 Å². The minimum absolute atomic E-state index is 0.0999. The number of nitrogens with zero attached hydrogens (tertiary/aromatic N) is 5. The van der Waals surface area contributed by atoms with Gasteiger partial charge in [0.25, 0.3) is 5.91 Å². The molecule has 23 heavy (non-hydrogen) atoms. The lowest BCUT2D eigenvalue weighted by molar-refractivity contribution is 0.0110. The van der Waals surface area contributed by atoms with Crippen molar-refractivity contribution in [3.8, 4) is 0 Å². The largest absolute Gasteiger partial charge is 0.335 e. The number of carbonyl (C=O) groups is 1. The lowest BCUT2D eigenvalue weighted by atomic mass is 10.0. The van der Waals surface area contributed by atoms with E-state index < -0.39 is 0 Å². The zero-order chi connectivity index (χ0) is 15.8. The van der Waals surface area contributed by atoms with Crippen LogP contribution in [-0.4, -0.2) is 82.9 Å². The van der Waals surface area contributed by atoms with Gasteiger partial charge in [0.15, 0.2) is 0 Å². The number of hydrogen-bond acceptors (Lipinski definition) is 5. The van der Waals surface area contributed by atoms with Gasteiger partial charge in [-0.1, -0.05) is 0 Å². The van der Waals surface area contributed by atoms with Gasteiger partial charge in [0.2, 0.25) is 0 Å². The molecule has 2 aliphatic rings. The Kier molecular flexibility index (Phi) is 3.71. The first kappa shape index (κ1) is 14.5. The van der Waals surface area contributed by atoms with Crippen molar-refractivity contribution in [2.75, 3.05) is 46.3 Å². The maximum atomic E-state index is 12.6. The fourth-order valence-corrected chi connectivity index (χ4v) is 3.32. The van der Waals surface area contributed by atoms with Crippen LogP contribution in [0.5, 0.6) is 0 Å². The van der Waals surface area contributed by atoms with Crippen molar-refractivity contribution in [2.24, 2.45) is 0 Å². The molecule has 0 saturated carbocycles. The van der Waals surface area contributed by atoms with Crippen LogP contribution in [0.4, 0.5) is 0 Å². The van der Waals surface area contributed by atoms with E-state index in [0.717, 1.165) is 50.3 Å². The van der Waals surface area contributed by atoms with Gasteiger partial charge in [-0.05, 0) is 25.2 Å². The topological polar surface area (TPSA) is 52.6 Å². The van der Waals surface area contributed by atoms with E-state index in [0.29, 0.717) is 11.6 Å². The summed E-state index contributed by atoms with van der Waals surface area (Å²) in [5.41, 5.74) is 2.30. The van der Waals surface area contributed by atoms with Gasteiger partial charge in [-0.25, -0.2) is 0 Å². The first-order valence-corrected chi connectivity index (χ1v) is 8.13. The van der Waals surface area contributed by atoms with Crippen LogP contribution in [0.25, 0.3) is 11.0 Å². The summed E-state index contributed by atoms with van der Waals surface area (Å²) >= 11 is 0. The minimum Gasteiger partial charge on any atom is -0.335 e. The number of rotatable bonds is 2. The van der Waals surface area contributed by atoms with Gasteiger partial charge in [-0.15, -0.1) is 0 Å². The van der Waals surface area contributed by atoms with Crippen LogP contribution < -0.4 is 0 Å². The van der Waals surface area contributed by atoms with Crippen molar-refractivity contribution < 1.29 is 4.79 Å². The van der Waals surface area contributed by atoms with Gasteiger partial charge in [0.1, 0.15) is 0 Å². The number of carbonyl (C=O) groups excluding carboxylic acids is 1. The number of hydrogen-bond donors (Lipinski definition) is 0. The number of amides is 1. The molecule has 0 aliphatic carbocycles. The third-order valence-corrected chi connectivity index (χ3v) is 4.92. The Labute approximate surface area is 135 Å². The fourth-order valence-electron chi connectivity index (χ4n) is 3.32. The van der Waals surface area contributed by atoms with Crippen molar-refractivity contribution in [1.82, 2.24) is 24.7 Å². The first-order valence-electron chi connectivity index (χ1n) is 8.13. The standard InChI is InChI=1S/C17H21N5O/c1-20-6-8-21(9-7-20)14-11-22(12-14)17(23)13-2-3-15-16(10-13)19-5-4-18-15/h2-5,10,14H,6-9,11-12H2,1H3. The Morgan fingerprint density at radius 3 is 2.48 bits per heavy atom. The molecule has 0 atom stereocenters. The molecule has 120 valence electrons. The van der Waals surface area contributed by atoms with Gasteiger partial charge in [0.05, 0.1) is 11.0 Å². The normalized spacial score (nSPS) is 20.7. The highest BCUT2D eigenvalue weighted by Crippen LogP contribution is 2.20. The minimum atomic E-state index is 0.0999. The number of benzene rings is 1. The summed E-state index contributed by atoms with van der Waals surface area (Å²) in [6.45, 7) is 6.12. The van der Waals surface area contributed by atoms with E-state index in [1.165, 1.54) is 0 Å². The van der Waals surface area contributed by atoms with Gasteiger partial charge in [-0.3, -0.25) is 19.7 Å². The number of likely N-dealkylation sites (tertiary alicyclic amines) is 1. The van der Waals surface area contributed by atoms with Crippen molar-refractivity contribution in [1.29, 1.82) is 0 Å². The van der Waals surface area contributed by atoms with Crippen molar-refractivity contribution in [3.05, 3.63) is 36.2 Å². The van der Waals surface area contributed by atoms with Gasteiger partial charge in [-0.2, -0.15) is 0 Å². The third-order valence-electron chi connectivity index (χ3n) is 4.92. The predicted molar refractivity (Wildman–Crippen MR) is 88.3 cm³/mol. The van der Waals surface area contributed by atoms with Crippen molar-refractivity contribution in [2.45, 2.75) is 6.04 Å². The Morgan fingerprint density at radius 2 is 1.74 bits per heavy atom. The summed E-state index contributed by atoms with van der Waals surface area (Å²) in [4.78, 5) is 27.9. The second-order valence-corrected chi connectivity index (χ2v) is 6.46. The Hall–Kier alpha value is -2.05. The summed E-state index contributed by atoms with van der Waals surface area (Å²) in [6.07, 6.45) is 3.32. The van der Waals surface area contributed by atoms with Crippen LogP contribution >= 0.6 is 0 Å². The van der Waals surface area contributed by atoms with E-state index in [4.69, 9.17) is 0 Å². The molecule has 1 aromatic heterocycles. The van der Waals surface area contributed by atoms with Gasteiger partial charge in [0, 0.05) is 63.3 Å². The zero-order valence-corrected chi connectivity index (χ0v) is 13.4. The van der Waals surface area contributed by atoms with E-state index in [1.54, 1.807) is 12.4 Å². The Morgan fingerprint density at radius 1 is 1.04 bits per heavy atom. The summed E-state index contributed by atoms with van der Waals surface area (Å²) in [7, 11) is 2.16. The number of likely N-dealkylation sites (N-methyl/N-ethyl adjacent to an activating group) is 1. The molecule has 0 bridgehead atoms. The van der Waals surface area contributed by atoms with Crippen LogP contribution in [0.2, 0.25) is 0 Å². The summed E-state index contributed by atoms with van der Waals surface area (Å²) < 4.78 is 0. The highest BCUT2D eigenvalue weighted by atomic mass is 16.2. The molecule has 3 heterocycles. The SMILES string of the molecule is CN1CCN(C2CN(C(=O)c3ccc4nccnc4c3)C2)CC1. The Balaban J connectivity index is 1.40. The molecule has 0 spiro atoms. The van der Waals surface area contributed by atoms with E-state index >= 15 is 0 Å². The van der Waals surface area contributed by atoms with Crippen LogP contribution in [0.15, 0.2) is 30.6 Å². The smallest absolute Gasteiger partial charge is 0.254 e. The fraction of sp³-hybridized carbons (Fsp3) is 0.471. The molecule has 0 unspecified atom stereocenters. The molecule has 4 rings (SSSR count). The number of fused-ring (bicyclic) bond motifs is 1. The molecular formula is C17H21N5O. The quantitative estimate of drug-likeness (QED) is 0.817. The average molecular weight is 311 g/mol. The molecule has 6 heteroatoms. The molecule has 2 saturated heterocycles. The van der Waals surface area contributed by atoms with Crippen LogP contribution in [0.1, 0.15) is 10.4 Å². The monoisotopic (exact) mass is 311 g/mol. The third kappa shape index (κ3) is 2.80. The molecule has 2 aromatic rings. The molecule has 0 N–H and O–H groups in total. The maximum Gasteiger partial charge on any atom is 0.254 e.